The fourth-order valence-electron chi connectivity index (χ4n) is 0.215. The molecule has 11 heavy (non-hydrogen) atoms. The van der Waals surface area contributed by atoms with Crippen molar-refractivity contribution in [3.63, 3.8) is 0 Å². The van der Waals surface area contributed by atoms with Gasteiger partial charge in [0, 0.05) is 11.2 Å². The van der Waals surface area contributed by atoms with Crippen molar-refractivity contribution >= 4 is 64.6 Å². The van der Waals surface area contributed by atoms with Gasteiger partial charge in [-0.25, -0.2) is 4.57 Å². The van der Waals surface area contributed by atoms with E-state index in [1.807, 2.05) is 0 Å². The third kappa shape index (κ3) is 7.94. The Bertz CT molecular complexity index is 146. The third-order valence-corrected chi connectivity index (χ3v) is 2.67. The molecule has 0 fully saturated rings. The van der Waals surface area contributed by atoms with Gasteiger partial charge in [0.1, 0.15) is 0 Å². The second-order valence-corrected chi connectivity index (χ2v) is 5.72. The van der Waals surface area contributed by atoms with Crippen molar-refractivity contribution in [2.24, 2.45) is 0 Å². The highest BCUT2D eigenvalue weighted by molar-refractivity contribution is 7.81. The Kier molecular flexibility index (Phi) is 6.13. The van der Waals surface area contributed by atoms with E-state index in [1.165, 1.54) is 0 Å². The van der Waals surface area contributed by atoms with Gasteiger partial charge in [-0.3, -0.25) is 9.05 Å². The molecule has 0 saturated heterocycles. The molecule has 0 aliphatic carbocycles. The first kappa shape index (κ1) is 12.6. The van der Waals surface area contributed by atoms with Crippen LogP contribution in [0.2, 0.25) is 0 Å². The minimum atomic E-state index is -3.86. The van der Waals surface area contributed by atoms with Crippen LogP contribution in [0.3, 0.4) is 0 Å². The first-order chi connectivity index (χ1) is 4.83. The molecule has 0 spiro atoms. The minimum absolute atomic E-state index is 1.36. The SMILES string of the molecule is O=P(Cl)(OC(Cl)Cl)OC(Cl)Cl. The van der Waals surface area contributed by atoms with Crippen LogP contribution in [0.1, 0.15) is 0 Å². The van der Waals surface area contributed by atoms with Crippen molar-refractivity contribution in [3.05, 3.63) is 0 Å². The summed E-state index contributed by atoms with van der Waals surface area (Å²) in [6, 6.07) is 0. The maximum Gasteiger partial charge on any atom is 0.429 e. The fourth-order valence-corrected chi connectivity index (χ4v) is 2.87. The van der Waals surface area contributed by atoms with Gasteiger partial charge in [0.25, 0.3) is 0 Å². The molecule has 0 radical (unpaired) electrons. The molecule has 0 aromatic rings. The molecular weight excluding hydrogens is 280 g/mol. The van der Waals surface area contributed by atoms with Crippen LogP contribution in [-0.2, 0) is 13.6 Å². The van der Waals surface area contributed by atoms with Gasteiger partial charge in [-0.1, -0.05) is 46.4 Å². The summed E-state index contributed by atoms with van der Waals surface area (Å²) in [5.41, 5.74) is 0. The first-order valence-electron chi connectivity index (χ1n) is 2.06. The molecule has 0 N–H and O–H groups in total. The van der Waals surface area contributed by atoms with Gasteiger partial charge in [0.15, 0.2) is 0 Å². The van der Waals surface area contributed by atoms with E-state index >= 15 is 0 Å². The maximum absolute atomic E-state index is 10.8. The van der Waals surface area contributed by atoms with Gasteiger partial charge in [-0.15, -0.1) is 0 Å². The van der Waals surface area contributed by atoms with E-state index in [1.54, 1.807) is 0 Å². The van der Waals surface area contributed by atoms with Crippen molar-refractivity contribution < 1.29 is 13.6 Å². The van der Waals surface area contributed by atoms with Gasteiger partial charge < -0.3 is 0 Å². The summed E-state index contributed by atoms with van der Waals surface area (Å²) < 4.78 is 19.2. The van der Waals surface area contributed by atoms with Gasteiger partial charge in [0.05, 0.1) is 0 Å². The molecule has 0 aliphatic heterocycles. The normalized spacial score (nSPS) is 13.0. The van der Waals surface area contributed by atoms with E-state index in [-0.39, 0.29) is 0 Å². The fraction of sp³-hybridized carbons (Fsp3) is 1.00. The first-order valence-corrected chi connectivity index (χ1v) is 6.25. The molecule has 9 heteroatoms. The van der Waals surface area contributed by atoms with E-state index in [0.717, 1.165) is 0 Å². The molecule has 0 bridgehead atoms. The standard InChI is InChI=1S/C2H2Cl5O3P/c3-1(4)9-11(7,8)10-2(5)6/h1-2H. The summed E-state index contributed by atoms with van der Waals surface area (Å²) in [6.45, 7) is -3.86. The molecule has 0 unspecified atom stereocenters. The molecule has 0 amide bonds. The molecule has 0 aromatic heterocycles. The van der Waals surface area contributed by atoms with Gasteiger partial charge in [-0.05, 0) is 0 Å². The monoisotopic (exact) mass is 280 g/mol. The zero-order valence-corrected chi connectivity index (χ0v) is 9.39. The summed E-state index contributed by atoms with van der Waals surface area (Å²) in [4.78, 5) is 0. The number of hydrogen-bond donors (Lipinski definition) is 0. The average molecular weight is 282 g/mol. The topological polar surface area (TPSA) is 35.5 Å². The lowest BCUT2D eigenvalue weighted by atomic mass is 11.7. The van der Waals surface area contributed by atoms with Crippen LogP contribution in [-0.4, -0.2) is 10.0 Å². The lowest BCUT2D eigenvalue weighted by Gasteiger charge is -2.11. The average Bonchev–Trinajstić information content (AvgIpc) is 1.53. The Hall–Kier alpha value is 1.60. The van der Waals surface area contributed by atoms with E-state index in [4.69, 9.17) is 57.6 Å². The minimum Gasteiger partial charge on any atom is -0.262 e. The lowest BCUT2D eigenvalue weighted by Crippen LogP contribution is -1.97. The molecule has 3 nitrogen and oxygen atoms in total. The quantitative estimate of drug-likeness (QED) is 0.579. The Morgan fingerprint density at radius 3 is 1.45 bits per heavy atom. The zero-order chi connectivity index (χ0) is 9.07. The highest BCUT2D eigenvalue weighted by Crippen LogP contribution is 2.57. The van der Waals surface area contributed by atoms with Crippen molar-refractivity contribution in [1.82, 2.24) is 0 Å². The molecule has 0 aliphatic rings. The van der Waals surface area contributed by atoms with E-state index in [0.29, 0.717) is 0 Å². The molecule has 0 saturated carbocycles. The Morgan fingerprint density at radius 2 is 1.27 bits per heavy atom. The molecular formula is C2H2Cl5O3P. The highest BCUT2D eigenvalue weighted by atomic mass is 35.7. The number of hydrogen-bond acceptors (Lipinski definition) is 3. The van der Waals surface area contributed by atoms with Crippen molar-refractivity contribution in [1.29, 1.82) is 0 Å². The zero-order valence-electron chi connectivity index (χ0n) is 4.72. The molecule has 0 heterocycles. The summed E-state index contributed by atoms with van der Waals surface area (Å²) in [7, 11) is 0. The summed E-state index contributed by atoms with van der Waals surface area (Å²) >= 11 is 25.4. The number of halogens is 5. The van der Waals surface area contributed by atoms with E-state index in [2.05, 4.69) is 9.05 Å². The van der Waals surface area contributed by atoms with Crippen LogP contribution in [0.25, 0.3) is 0 Å². The van der Waals surface area contributed by atoms with Crippen molar-refractivity contribution in [3.8, 4) is 0 Å². The van der Waals surface area contributed by atoms with Crippen LogP contribution in [0.4, 0.5) is 0 Å². The predicted octanol–water partition coefficient (Wildman–Crippen LogP) is 3.89. The lowest BCUT2D eigenvalue weighted by molar-refractivity contribution is 0.245. The van der Waals surface area contributed by atoms with E-state index < -0.39 is 17.0 Å². The molecule has 68 valence electrons. The molecule has 0 atom stereocenters. The summed E-state index contributed by atoms with van der Waals surface area (Å²) in [5, 5.41) is -2.71. The van der Waals surface area contributed by atoms with Crippen LogP contribution in [0.15, 0.2) is 0 Å². The largest absolute Gasteiger partial charge is 0.429 e. The predicted molar refractivity (Wildman–Crippen MR) is 46.6 cm³/mol. The Labute approximate surface area is 88.1 Å². The van der Waals surface area contributed by atoms with Gasteiger partial charge >= 0.3 is 6.95 Å². The number of alkyl halides is 4. The third-order valence-electron chi connectivity index (χ3n) is 0.411. The van der Waals surface area contributed by atoms with Crippen LogP contribution < -0.4 is 0 Å². The van der Waals surface area contributed by atoms with Crippen LogP contribution in [0.5, 0.6) is 0 Å². The number of rotatable bonds is 4. The Morgan fingerprint density at radius 1 is 1.00 bits per heavy atom. The Balaban J connectivity index is 3.91. The second-order valence-electron chi connectivity index (χ2n) is 1.16. The van der Waals surface area contributed by atoms with E-state index in [9.17, 15) is 4.57 Å². The van der Waals surface area contributed by atoms with Crippen LogP contribution in [0, 0.1) is 0 Å². The highest BCUT2D eigenvalue weighted by Gasteiger charge is 2.27. The van der Waals surface area contributed by atoms with Gasteiger partial charge in [0.2, 0.25) is 10.0 Å². The summed E-state index contributed by atoms with van der Waals surface area (Å²) in [5.74, 6) is 0. The van der Waals surface area contributed by atoms with Gasteiger partial charge in [-0.2, -0.15) is 0 Å². The van der Waals surface area contributed by atoms with Crippen molar-refractivity contribution in [2.75, 3.05) is 0 Å². The van der Waals surface area contributed by atoms with Crippen molar-refractivity contribution in [2.45, 2.75) is 10.0 Å². The van der Waals surface area contributed by atoms with Crippen LogP contribution >= 0.6 is 64.6 Å². The molecule has 0 aromatic carbocycles. The smallest absolute Gasteiger partial charge is 0.262 e. The molecule has 0 rings (SSSR count). The second kappa shape index (κ2) is 5.36. The maximum atomic E-state index is 10.8. The summed E-state index contributed by atoms with van der Waals surface area (Å²) in [6.07, 6.45) is 0.